The highest BCUT2D eigenvalue weighted by molar-refractivity contribution is 7.83. The van der Waals surface area contributed by atoms with Crippen LogP contribution in [0.25, 0.3) is 0 Å². The minimum absolute atomic E-state index is 0.346. The van der Waals surface area contributed by atoms with Crippen molar-refractivity contribution >= 4 is 10.4 Å². The van der Waals surface area contributed by atoms with E-state index in [1.54, 1.807) is 0 Å². The summed E-state index contributed by atoms with van der Waals surface area (Å²) < 4.78 is 33.0. The fraction of sp³-hybridized carbons (Fsp3) is 1.00. The number of nitrogens with zero attached hydrogens (tertiary/aromatic N) is 1. The van der Waals surface area contributed by atoms with Gasteiger partial charge in [0.2, 0.25) is 0 Å². The second-order valence-electron chi connectivity index (χ2n) is 2.05. The van der Waals surface area contributed by atoms with Gasteiger partial charge in [-0.3, -0.25) is 0 Å². The van der Waals surface area contributed by atoms with Gasteiger partial charge in [-0.25, -0.2) is 0 Å². The summed E-state index contributed by atoms with van der Waals surface area (Å²) in [6.07, 6.45) is 1.56. The molecule has 0 N–H and O–H groups in total. The molecule has 0 aromatic rings. The van der Waals surface area contributed by atoms with Gasteiger partial charge in [0.25, 0.3) is 0 Å². The van der Waals surface area contributed by atoms with Gasteiger partial charge in [-0.2, -0.15) is 12.7 Å². The van der Waals surface area contributed by atoms with Gasteiger partial charge in [0, 0.05) is 13.1 Å². The van der Waals surface area contributed by atoms with Gasteiger partial charge in [-0.1, -0.05) is 3.89 Å². The van der Waals surface area contributed by atoms with Crippen LogP contribution in [-0.4, -0.2) is 25.8 Å². The van der Waals surface area contributed by atoms with Crippen molar-refractivity contribution in [1.82, 2.24) is 4.31 Å². The molecule has 0 atom stereocenters. The standard InChI is InChI=1S/C4H8FNO2S/c5-9(7,8)6-3-1-2-4-6/h1-4H2. The first-order valence-electron chi connectivity index (χ1n) is 2.80. The zero-order chi connectivity index (χ0) is 6.91. The van der Waals surface area contributed by atoms with Gasteiger partial charge < -0.3 is 0 Å². The van der Waals surface area contributed by atoms with Crippen LogP contribution in [0.15, 0.2) is 0 Å². The minimum atomic E-state index is -4.37. The first kappa shape index (κ1) is 6.95. The quantitative estimate of drug-likeness (QED) is 0.508. The molecule has 0 amide bonds. The van der Waals surface area contributed by atoms with Gasteiger partial charge in [0.05, 0.1) is 0 Å². The first-order valence-corrected chi connectivity index (χ1v) is 4.14. The minimum Gasteiger partial charge on any atom is -0.177 e. The summed E-state index contributed by atoms with van der Waals surface area (Å²) in [4.78, 5) is 0. The highest BCUT2D eigenvalue weighted by Crippen LogP contribution is 2.12. The molecule has 1 rings (SSSR count). The molecule has 1 fully saturated rings. The van der Waals surface area contributed by atoms with Crippen molar-refractivity contribution in [2.75, 3.05) is 13.1 Å². The topological polar surface area (TPSA) is 37.4 Å². The van der Waals surface area contributed by atoms with E-state index in [4.69, 9.17) is 0 Å². The summed E-state index contributed by atoms with van der Waals surface area (Å²) in [5.74, 6) is 0. The predicted molar refractivity (Wildman–Crippen MR) is 30.8 cm³/mol. The van der Waals surface area contributed by atoms with E-state index in [-0.39, 0.29) is 0 Å². The fourth-order valence-corrected chi connectivity index (χ4v) is 1.60. The monoisotopic (exact) mass is 153 g/mol. The van der Waals surface area contributed by atoms with Gasteiger partial charge >= 0.3 is 10.4 Å². The molecule has 0 bridgehead atoms. The molecule has 1 aliphatic rings. The smallest absolute Gasteiger partial charge is 0.177 e. The highest BCUT2D eigenvalue weighted by Gasteiger charge is 2.23. The van der Waals surface area contributed by atoms with Crippen LogP contribution in [0.5, 0.6) is 0 Å². The van der Waals surface area contributed by atoms with Crippen molar-refractivity contribution < 1.29 is 12.3 Å². The van der Waals surface area contributed by atoms with Crippen LogP contribution in [0.1, 0.15) is 12.8 Å². The molecule has 0 aromatic carbocycles. The van der Waals surface area contributed by atoms with Gasteiger partial charge in [0.15, 0.2) is 0 Å². The van der Waals surface area contributed by atoms with E-state index in [0.29, 0.717) is 13.1 Å². The first-order chi connectivity index (χ1) is 4.11. The van der Waals surface area contributed by atoms with Crippen molar-refractivity contribution in [2.24, 2.45) is 0 Å². The summed E-state index contributed by atoms with van der Waals surface area (Å²) in [7, 11) is -4.37. The summed E-state index contributed by atoms with van der Waals surface area (Å²) in [5.41, 5.74) is 0. The molecule has 1 saturated heterocycles. The highest BCUT2D eigenvalue weighted by atomic mass is 32.3. The molecular formula is C4H8FNO2S. The maximum Gasteiger partial charge on any atom is 0.374 e. The van der Waals surface area contributed by atoms with Crippen LogP contribution in [-0.2, 0) is 10.4 Å². The lowest BCUT2D eigenvalue weighted by Gasteiger charge is -2.05. The Bertz CT molecular complexity index is 183. The Labute approximate surface area is 53.8 Å². The Kier molecular flexibility index (Phi) is 1.72. The number of rotatable bonds is 1. The van der Waals surface area contributed by atoms with E-state index in [9.17, 15) is 12.3 Å². The zero-order valence-electron chi connectivity index (χ0n) is 4.88. The molecule has 5 heteroatoms. The fourth-order valence-electron chi connectivity index (χ4n) is 0.906. The SMILES string of the molecule is O=S(=O)(F)N1CCCC1. The van der Waals surface area contributed by atoms with Gasteiger partial charge in [0.1, 0.15) is 0 Å². The van der Waals surface area contributed by atoms with Crippen molar-refractivity contribution in [2.45, 2.75) is 12.8 Å². The zero-order valence-corrected chi connectivity index (χ0v) is 5.69. The summed E-state index contributed by atoms with van der Waals surface area (Å²) in [6.45, 7) is 0.692. The molecule has 0 spiro atoms. The average Bonchev–Trinajstić information content (AvgIpc) is 2.08. The predicted octanol–water partition coefficient (Wildman–Crippen LogP) is 0.297. The normalized spacial score (nSPS) is 22.8. The molecule has 1 aliphatic heterocycles. The van der Waals surface area contributed by atoms with E-state index in [2.05, 4.69) is 0 Å². The van der Waals surface area contributed by atoms with Gasteiger partial charge in [-0.15, -0.1) is 0 Å². The average molecular weight is 153 g/mol. The van der Waals surface area contributed by atoms with Crippen LogP contribution < -0.4 is 0 Å². The molecule has 0 unspecified atom stereocenters. The summed E-state index contributed by atoms with van der Waals surface area (Å²) >= 11 is 0. The molecule has 0 aliphatic carbocycles. The van der Waals surface area contributed by atoms with Crippen LogP contribution in [0.3, 0.4) is 0 Å². The van der Waals surface area contributed by atoms with Gasteiger partial charge in [-0.05, 0) is 12.8 Å². The number of halogens is 1. The van der Waals surface area contributed by atoms with Crippen molar-refractivity contribution in [1.29, 1.82) is 0 Å². The Morgan fingerprint density at radius 1 is 1.22 bits per heavy atom. The van der Waals surface area contributed by atoms with Crippen LogP contribution in [0.2, 0.25) is 0 Å². The molecule has 1 heterocycles. The third-order valence-electron chi connectivity index (χ3n) is 1.37. The van der Waals surface area contributed by atoms with Crippen molar-refractivity contribution in [3.8, 4) is 0 Å². The van der Waals surface area contributed by atoms with Crippen LogP contribution in [0.4, 0.5) is 3.89 Å². The van der Waals surface area contributed by atoms with Crippen molar-refractivity contribution in [3.05, 3.63) is 0 Å². The second-order valence-corrected chi connectivity index (χ2v) is 3.39. The maximum atomic E-state index is 12.0. The number of hydrogen-bond acceptors (Lipinski definition) is 2. The van der Waals surface area contributed by atoms with E-state index >= 15 is 0 Å². The van der Waals surface area contributed by atoms with E-state index < -0.39 is 10.4 Å². The summed E-state index contributed by atoms with van der Waals surface area (Å²) in [5, 5.41) is 0. The lowest BCUT2D eigenvalue weighted by molar-refractivity contribution is 0.438. The Morgan fingerprint density at radius 2 is 1.67 bits per heavy atom. The maximum absolute atomic E-state index is 12.0. The lowest BCUT2D eigenvalue weighted by Crippen LogP contribution is -2.23. The molecule has 0 radical (unpaired) electrons. The third-order valence-corrected chi connectivity index (χ3v) is 2.36. The molecule has 0 aromatic heterocycles. The van der Waals surface area contributed by atoms with E-state index in [1.807, 2.05) is 0 Å². The number of hydrogen-bond donors (Lipinski definition) is 0. The molecule has 3 nitrogen and oxygen atoms in total. The molecule has 9 heavy (non-hydrogen) atoms. The Balaban J connectivity index is 2.63. The molecule has 54 valence electrons. The largest absolute Gasteiger partial charge is 0.374 e. The Morgan fingerprint density at radius 3 is 1.89 bits per heavy atom. The Hall–Kier alpha value is -0.160. The van der Waals surface area contributed by atoms with Crippen LogP contribution >= 0.6 is 0 Å². The second kappa shape index (κ2) is 2.22. The lowest BCUT2D eigenvalue weighted by atomic mass is 10.4. The molecular weight excluding hydrogens is 145 g/mol. The van der Waals surface area contributed by atoms with E-state index in [1.165, 1.54) is 0 Å². The third kappa shape index (κ3) is 1.62. The molecule has 0 saturated carbocycles. The van der Waals surface area contributed by atoms with E-state index in [0.717, 1.165) is 17.1 Å². The van der Waals surface area contributed by atoms with Crippen molar-refractivity contribution in [3.63, 3.8) is 0 Å². The van der Waals surface area contributed by atoms with Crippen LogP contribution in [0, 0.1) is 0 Å². The summed E-state index contributed by atoms with van der Waals surface area (Å²) in [6, 6.07) is 0.